The summed E-state index contributed by atoms with van der Waals surface area (Å²) in [6.07, 6.45) is 0.542. The van der Waals surface area contributed by atoms with Gasteiger partial charge < -0.3 is 15.9 Å². The third-order valence-corrected chi connectivity index (χ3v) is 2.46. The molecule has 1 unspecified atom stereocenters. The van der Waals surface area contributed by atoms with Crippen molar-refractivity contribution < 1.29 is 10.2 Å². The van der Waals surface area contributed by atoms with Crippen molar-refractivity contribution >= 4 is 11.3 Å². The van der Waals surface area contributed by atoms with Gasteiger partial charge in [-0.2, -0.15) is 0 Å². The summed E-state index contributed by atoms with van der Waals surface area (Å²) >= 11 is 1.41. The lowest BCUT2D eigenvalue weighted by atomic mass is 10.2. The molecule has 0 saturated carbocycles. The first kappa shape index (κ1) is 8.52. The summed E-state index contributed by atoms with van der Waals surface area (Å²) < 4.78 is 0. The second kappa shape index (κ2) is 3.71. The van der Waals surface area contributed by atoms with E-state index in [-0.39, 0.29) is 18.4 Å². The minimum atomic E-state index is -0.147. The summed E-state index contributed by atoms with van der Waals surface area (Å²) in [5, 5.41) is 19.2. The molecular weight excluding hydrogens is 162 g/mol. The van der Waals surface area contributed by atoms with Gasteiger partial charge in [0.05, 0.1) is 0 Å². The van der Waals surface area contributed by atoms with Gasteiger partial charge in [-0.15, -0.1) is 11.3 Å². The highest BCUT2D eigenvalue weighted by Gasteiger charge is 2.07. The molecule has 4 heteroatoms. The Balaban J connectivity index is 2.60. The Morgan fingerprint density at radius 1 is 1.64 bits per heavy atom. The van der Waals surface area contributed by atoms with Crippen molar-refractivity contribution in [3.63, 3.8) is 0 Å². The number of hydrogen-bond donors (Lipinski definition) is 3. The van der Waals surface area contributed by atoms with Gasteiger partial charge in [0.2, 0.25) is 0 Å². The molecule has 1 atom stereocenters. The fourth-order valence-electron chi connectivity index (χ4n) is 0.818. The molecule has 0 aliphatic heterocycles. The van der Waals surface area contributed by atoms with Crippen LogP contribution in [-0.2, 0) is 0 Å². The highest BCUT2D eigenvalue weighted by Crippen LogP contribution is 2.25. The van der Waals surface area contributed by atoms with Gasteiger partial charge in [0, 0.05) is 22.9 Å². The summed E-state index contributed by atoms with van der Waals surface area (Å²) in [4.78, 5) is 0.913. The molecule has 0 radical (unpaired) electrons. The Bertz CT molecular complexity index is 224. The number of nitrogens with two attached hydrogens (primary N) is 1. The van der Waals surface area contributed by atoms with Crippen molar-refractivity contribution in [2.24, 2.45) is 5.73 Å². The monoisotopic (exact) mass is 173 g/mol. The molecule has 1 aromatic rings. The molecule has 0 fully saturated rings. The number of rotatable bonds is 3. The first-order chi connectivity index (χ1) is 5.24. The molecule has 1 heterocycles. The fourth-order valence-corrected chi connectivity index (χ4v) is 1.62. The van der Waals surface area contributed by atoms with E-state index in [1.165, 1.54) is 11.3 Å². The molecule has 0 aliphatic rings. The molecule has 0 aliphatic carbocycles. The van der Waals surface area contributed by atoms with E-state index in [1.807, 2.05) is 0 Å². The quantitative estimate of drug-likeness (QED) is 0.634. The van der Waals surface area contributed by atoms with Crippen LogP contribution in [0.15, 0.2) is 11.4 Å². The van der Waals surface area contributed by atoms with Gasteiger partial charge in [0.1, 0.15) is 5.75 Å². The Hall–Kier alpha value is -0.580. The van der Waals surface area contributed by atoms with Crippen molar-refractivity contribution in [1.82, 2.24) is 0 Å². The van der Waals surface area contributed by atoms with E-state index in [4.69, 9.17) is 15.9 Å². The van der Waals surface area contributed by atoms with Crippen LogP contribution in [-0.4, -0.2) is 16.8 Å². The molecule has 62 valence electrons. The van der Waals surface area contributed by atoms with Gasteiger partial charge >= 0.3 is 0 Å². The lowest BCUT2D eigenvalue weighted by Gasteiger charge is -2.05. The minimum absolute atomic E-state index is 0.0832. The van der Waals surface area contributed by atoms with Crippen LogP contribution < -0.4 is 5.73 Å². The van der Waals surface area contributed by atoms with Crippen LogP contribution in [0.5, 0.6) is 5.75 Å². The van der Waals surface area contributed by atoms with Gasteiger partial charge in [-0.05, 0) is 12.5 Å². The standard InChI is InChI=1S/C7H11NO2S/c8-6(1-2-9)7-3-5(10)4-11-7/h3-4,6,9-10H,1-2,8H2. The second-order valence-corrected chi connectivity index (χ2v) is 3.27. The van der Waals surface area contributed by atoms with E-state index in [1.54, 1.807) is 11.4 Å². The lowest BCUT2D eigenvalue weighted by molar-refractivity contribution is 0.277. The number of aliphatic hydroxyl groups excluding tert-OH is 1. The normalized spacial score (nSPS) is 13.3. The molecule has 1 aromatic heterocycles. The van der Waals surface area contributed by atoms with E-state index < -0.39 is 0 Å². The predicted molar refractivity (Wildman–Crippen MR) is 44.6 cm³/mol. The minimum Gasteiger partial charge on any atom is -0.507 e. The molecule has 3 nitrogen and oxygen atoms in total. The molecule has 0 aromatic carbocycles. The lowest BCUT2D eigenvalue weighted by Crippen LogP contribution is -2.09. The molecule has 0 bridgehead atoms. The van der Waals surface area contributed by atoms with Gasteiger partial charge in [-0.1, -0.05) is 0 Å². The van der Waals surface area contributed by atoms with Gasteiger partial charge in [0.15, 0.2) is 0 Å². The zero-order valence-electron chi connectivity index (χ0n) is 6.03. The largest absolute Gasteiger partial charge is 0.507 e. The summed E-state index contributed by atoms with van der Waals surface area (Å²) in [5.74, 6) is 0.249. The van der Waals surface area contributed by atoms with Crippen molar-refractivity contribution in [3.05, 3.63) is 16.3 Å². The fraction of sp³-hybridized carbons (Fsp3) is 0.429. The van der Waals surface area contributed by atoms with Gasteiger partial charge in [-0.3, -0.25) is 0 Å². The van der Waals surface area contributed by atoms with Crippen LogP contribution in [0.25, 0.3) is 0 Å². The molecule has 4 N–H and O–H groups in total. The topological polar surface area (TPSA) is 66.5 Å². The maximum absolute atomic E-state index is 8.96. The average Bonchev–Trinajstić information content (AvgIpc) is 2.36. The first-order valence-electron chi connectivity index (χ1n) is 3.38. The number of hydrogen-bond acceptors (Lipinski definition) is 4. The zero-order chi connectivity index (χ0) is 8.27. The Morgan fingerprint density at radius 2 is 2.36 bits per heavy atom. The molecule has 1 rings (SSSR count). The van der Waals surface area contributed by atoms with Crippen LogP contribution in [0.1, 0.15) is 17.3 Å². The van der Waals surface area contributed by atoms with E-state index in [2.05, 4.69) is 0 Å². The van der Waals surface area contributed by atoms with Crippen molar-refractivity contribution in [2.75, 3.05) is 6.61 Å². The van der Waals surface area contributed by atoms with E-state index in [0.29, 0.717) is 6.42 Å². The van der Waals surface area contributed by atoms with E-state index >= 15 is 0 Å². The van der Waals surface area contributed by atoms with Crippen LogP contribution >= 0.6 is 11.3 Å². The van der Waals surface area contributed by atoms with Gasteiger partial charge in [-0.25, -0.2) is 0 Å². The van der Waals surface area contributed by atoms with Crippen molar-refractivity contribution in [1.29, 1.82) is 0 Å². The third kappa shape index (κ3) is 2.18. The maximum atomic E-state index is 8.96. The zero-order valence-corrected chi connectivity index (χ0v) is 6.84. The Labute approximate surface area is 69.1 Å². The van der Waals surface area contributed by atoms with Gasteiger partial charge in [0.25, 0.3) is 0 Å². The third-order valence-electron chi connectivity index (χ3n) is 1.41. The number of thiophene rings is 1. The molecule has 0 saturated heterocycles. The molecule has 0 spiro atoms. The van der Waals surface area contributed by atoms with Crippen molar-refractivity contribution in [3.8, 4) is 5.75 Å². The summed E-state index contributed by atoms with van der Waals surface area (Å²) in [6, 6.07) is 1.48. The number of aliphatic hydroxyl groups is 1. The predicted octanol–water partition coefficient (Wildman–Crippen LogP) is 0.836. The maximum Gasteiger partial charge on any atom is 0.126 e. The van der Waals surface area contributed by atoms with Crippen molar-refractivity contribution in [2.45, 2.75) is 12.5 Å². The first-order valence-corrected chi connectivity index (χ1v) is 4.26. The second-order valence-electron chi connectivity index (χ2n) is 2.33. The van der Waals surface area contributed by atoms with Crippen LogP contribution in [0, 0.1) is 0 Å². The van der Waals surface area contributed by atoms with E-state index in [9.17, 15) is 0 Å². The van der Waals surface area contributed by atoms with Crippen LogP contribution in [0.2, 0.25) is 0 Å². The Morgan fingerprint density at radius 3 is 2.82 bits per heavy atom. The molecule has 0 amide bonds. The summed E-state index contributed by atoms with van der Waals surface area (Å²) in [5.41, 5.74) is 5.66. The number of aromatic hydroxyl groups is 1. The van der Waals surface area contributed by atoms with E-state index in [0.717, 1.165) is 4.88 Å². The SMILES string of the molecule is NC(CCO)c1cc(O)cs1. The van der Waals surface area contributed by atoms with Crippen LogP contribution in [0.3, 0.4) is 0 Å². The summed E-state index contributed by atoms with van der Waals surface area (Å²) in [7, 11) is 0. The summed E-state index contributed by atoms with van der Waals surface area (Å²) in [6.45, 7) is 0.0832. The molecule has 11 heavy (non-hydrogen) atoms. The smallest absolute Gasteiger partial charge is 0.126 e. The highest BCUT2D eigenvalue weighted by molar-refractivity contribution is 7.10. The molecular formula is C7H11NO2S. The van der Waals surface area contributed by atoms with Crippen LogP contribution in [0.4, 0.5) is 0 Å². The Kier molecular flexibility index (Phi) is 2.87. The highest BCUT2D eigenvalue weighted by atomic mass is 32.1. The average molecular weight is 173 g/mol.